The molecular weight excluding hydrogens is 291 g/mol. The van der Waals surface area contributed by atoms with E-state index in [9.17, 15) is 9.90 Å². The van der Waals surface area contributed by atoms with Crippen molar-refractivity contribution >= 4 is 34.1 Å². The molecular formula is C11H6Cl2N4O2. The maximum Gasteiger partial charge on any atom is 0.268 e. The molecule has 0 spiro atoms. The lowest BCUT2D eigenvalue weighted by Gasteiger charge is -2.07. The molecule has 0 aliphatic carbocycles. The number of benzene rings is 1. The monoisotopic (exact) mass is 296 g/mol. The van der Waals surface area contributed by atoms with Crippen LogP contribution in [0.25, 0.3) is 16.7 Å². The van der Waals surface area contributed by atoms with Crippen molar-refractivity contribution in [2.75, 3.05) is 0 Å². The number of fused-ring (bicyclic) bond motifs is 1. The highest BCUT2D eigenvalue weighted by molar-refractivity contribution is 6.39. The average Bonchev–Trinajstić information content (AvgIpc) is 2.89. The molecule has 0 radical (unpaired) electrons. The van der Waals surface area contributed by atoms with Crippen molar-refractivity contribution in [2.24, 2.45) is 0 Å². The van der Waals surface area contributed by atoms with E-state index in [-0.39, 0.29) is 26.7 Å². The van der Waals surface area contributed by atoms with E-state index in [0.717, 1.165) is 0 Å². The number of aromatic nitrogens is 4. The van der Waals surface area contributed by atoms with E-state index < -0.39 is 5.56 Å². The topological polar surface area (TPSA) is 83.8 Å². The second kappa shape index (κ2) is 4.25. The van der Waals surface area contributed by atoms with E-state index in [1.807, 2.05) is 0 Å². The highest BCUT2D eigenvalue weighted by Gasteiger charge is 2.15. The zero-order valence-corrected chi connectivity index (χ0v) is 10.8. The number of hydrogen-bond acceptors (Lipinski definition) is 4. The Morgan fingerprint density at radius 2 is 2.11 bits per heavy atom. The Kier molecular flexibility index (Phi) is 2.69. The quantitative estimate of drug-likeness (QED) is 0.720. The SMILES string of the molecule is O=c1c2c(Cl)cc(Cl)c(O)c2ncn1-c1ccn[nH]1. The molecule has 0 fully saturated rings. The molecule has 0 saturated carbocycles. The van der Waals surface area contributed by atoms with Gasteiger partial charge in [0.1, 0.15) is 17.7 Å². The Morgan fingerprint density at radius 1 is 1.32 bits per heavy atom. The fourth-order valence-electron chi connectivity index (χ4n) is 1.77. The number of phenolic OH excluding ortho intramolecular Hbond substituents is 1. The fraction of sp³-hybridized carbons (Fsp3) is 0. The minimum atomic E-state index is -0.425. The van der Waals surface area contributed by atoms with Crippen LogP contribution in [0, 0.1) is 0 Å². The third kappa shape index (κ3) is 1.76. The second-order valence-electron chi connectivity index (χ2n) is 3.77. The van der Waals surface area contributed by atoms with Crippen molar-refractivity contribution in [2.45, 2.75) is 0 Å². The molecule has 3 rings (SSSR count). The van der Waals surface area contributed by atoms with Crippen molar-refractivity contribution < 1.29 is 5.11 Å². The minimum absolute atomic E-state index is 0.0451. The summed E-state index contributed by atoms with van der Waals surface area (Å²) in [6.07, 6.45) is 2.78. The summed E-state index contributed by atoms with van der Waals surface area (Å²) in [4.78, 5) is 16.4. The molecule has 2 N–H and O–H groups in total. The zero-order valence-electron chi connectivity index (χ0n) is 9.26. The van der Waals surface area contributed by atoms with Crippen LogP contribution in [0.2, 0.25) is 10.0 Å². The summed E-state index contributed by atoms with van der Waals surface area (Å²) in [7, 11) is 0. The third-order valence-electron chi connectivity index (χ3n) is 2.66. The van der Waals surface area contributed by atoms with E-state index in [1.165, 1.54) is 23.2 Å². The van der Waals surface area contributed by atoms with E-state index in [2.05, 4.69) is 15.2 Å². The number of aromatic amines is 1. The Morgan fingerprint density at radius 3 is 2.79 bits per heavy atom. The number of H-pyrrole nitrogens is 1. The van der Waals surface area contributed by atoms with Gasteiger partial charge in [-0.3, -0.25) is 14.5 Å². The van der Waals surface area contributed by atoms with Crippen LogP contribution in [-0.4, -0.2) is 24.9 Å². The summed E-state index contributed by atoms with van der Waals surface area (Å²) in [5.41, 5.74) is -0.357. The summed E-state index contributed by atoms with van der Waals surface area (Å²) in [5, 5.41) is 16.5. The Bertz CT molecular complexity index is 827. The smallest absolute Gasteiger partial charge is 0.268 e. The average molecular weight is 297 g/mol. The molecule has 6 nitrogen and oxygen atoms in total. The molecule has 0 aliphatic rings. The van der Waals surface area contributed by atoms with Gasteiger partial charge in [-0.25, -0.2) is 4.98 Å². The van der Waals surface area contributed by atoms with Gasteiger partial charge in [0.25, 0.3) is 5.56 Å². The minimum Gasteiger partial charge on any atom is -0.504 e. The van der Waals surface area contributed by atoms with Gasteiger partial charge in [-0.1, -0.05) is 23.2 Å². The van der Waals surface area contributed by atoms with Gasteiger partial charge in [-0.05, 0) is 6.07 Å². The van der Waals surface area contributed by atoms with Crippen LogP contribution in [0.1, 0.15) is 0 Å². The number of rotatable bonds is 1. The number of aromatic hydroxyl groups is 1. The Labute approximate surface area is 116 Å². The molecule has 96 valence electrons. The number of hydrogen-bond donors (Lipinski definition) is 2. The predicted molar refractivity (Wildman–Crippen MR) is 71.2 cm³/mol. The van der Waals surface area contributed by atoms with Gasteiger partial charge in [0.15, 0.2) is 5.75 Å². The van der Waals surface area contributed by atoms with E-state index in [1.54, 1.807) is 6.07 Å². The Hall–Kier alpha value is -2.05. The molecule has 0 saturated heterocycles. The molecule has 2 aromatic heterocycles. The lowest BCUT2D eigenvalue weighted by Crippen LogP contribution is -2.19. The second-order valence-corrected chi connectivity index (χ2v) is 4.59. The van der Waals surface area contributed by atoms with Crippen LogP contribution in [-0.2, 0) is 0 Å². The molecule has 2 heterocycles. The highest BCUT2D eigenvalue weighted by atomic mass is 35.5. The standard InChI is InChI=1S/C11H6Cl2N4O2/c12-5-3-6(13)10(18)9-8(5)11(19)17(4-14-9)7-1-2-15-16-7/h1-4,18H,(H,15,16). The number of nitrogens with zero attached hydrogens (tertiary/aromatic N) is 3. The number of phenols is 1. The first-order valence-electron chi connectivity index (χ1n) is 5.17. The first-order valence-corrected chi connectivity index (χ1v) is 5.93. The van der Waals surface area contributed by atoms with Crippen LogP contribution in [0.3, 0.4) is 0 Å². The van der Waals surface area contributed by atoms with Crippen molar-refractivity contribution in [3.8, 4) is 11.6 Å². The van der Waals surface area contributed by atoms with Crippen molar-refractivity contribution in [3.63, 3.8) is 0 Å². The molecule has 0 unspecified atom stereocenters. The summed E-state index contributed by atoms with van der Waals surface area (Å²) in [6.45, 7) is 0. The predicted octanol–water partition coefficient (Wildman–Crippen LogP) is 2.12. The molecule has 0 aliphatic heterocycles. The van der Waals surface area contributed by atoms with Gasteiger partial charge in [-0.15, -0.1) is 0 Å². The highest BCUT2D eigenvalue weighted by Crippen LogP contribution is 2.34. The first-order chi connectivity index (χ1) is 9.09. The van der Waals surface area contributed by atoms with Gasteiger partial charge in [0, 0.05) is 6.07 Å². The lowest BCUT2D eigenvalue weighted by atomic mass is 10.2. The number of halogens is 2. The van der Waals surface area contributed by atoms with Crippen LogP contribution < -0.4 is 5.56 Å². The zero-order chi connectivity index (χ0) is 13.6. The molecule has 8 heteroatoms. The molecule has 0 atom stereocenters. The summed E-state index contributed by atoms with van der Waals surface area (Å²) in [6, 6.07) is 2.92. The molecule has 3 aromatic rings. The first kappa shape index (κ1) is 12.0. The van der Waals surface area contributed by atoms with E-state index in [4.69, 9.17) is 23.2 Å². The van der Waals surface area contributed by atoms with Crippen molar-refractivity contribution in [1.82, 2.24) is 19.7 Å². The van der Waals surface area contributed by atoms with Crippen molar-refractivity contribution in [1.29, 1.82) is 0 Å². The maximum atomic E-state index is 12.3. The van der Waals surface area contributed by atoms with E-state index >= 15 is 0 Å². The maximum absolute atomic E-state index is 12.3. The van der Waals surface area contributed by atoms with Crippen LogP contribution in [0.5, 0.6) is 5.75 Å². The summed E-state index contributed by atoms with van der Waals surface area (Å²) >= 11 is 11.8. The van der Waals surface area contributed by atoms with Gasteiger partial charge in [-0.2, -0.15) is 5.10 Å². The normalized spacial score (nSPS) is 11.1. The van der Waals surface area contributed by atoms with Gasteiger partial charge in [0.05, 0.1) is 21.6 Å². The lowest BCUT2D eigenvalue weighted by molar-refractivity contribution is 0.480. The van der Waals surface area contributed by atoms with Crippen LogP contribution in [0.4, 0.5) is 0 Å². The van der Waals surface area contributed by atoms with Gasteiger partial charge < -0.3 is 5.11 Å². The van der Waals surface area contributed by atoms with Crippen LogP contribution >= 0.6 is 23.2 Å². The van der Waals surface area contributed by atoms with Gasteiger partial charge in [0.2, 0.25) is 0 Å². The third-order valence-corrected chi connectivity index (χ3v) is 3.25. The number of nitrogens with one attached hydrogen (secondary N) is 1. The fourth-order valence-corrected chi connectivity index (χ4v) is 2.30. The van der Waals surface area contributed by atoms with E-state index in [0.29, 0.717) is 5.82 Å². The molecule has 19 heavy (non-hydrogen) atoms. The largest absolute Gasteiger partial charge is 0.504 e. The van der Waals surface area contributed by atoms with Gasteiger partial charge >= 0.3 is 0 Å². The molecule has 0 amide bonds. The van der Waals surface area contributed by atoms with Crippen LogP contribution in [0.15, 0.2) is 29.5 Å². The molecule has 1 aromatic carbocycles. The summed E-state index contributed by atoms with van der Waals surface area (Å²) < 4.78 is 1.24. The Balaban J connectivity index is 2.44. The van der Waals surface area contributed by atoms with Crippen molar-refractivity contribution in [3.05, 3.63) is 45.1 Å². The summed E-state index contributed by atoms with van der Waals surface area (Å²) in [5.74, 6) is 0.180. The molecule has 0 bridgehead atoms.